The van der Waals surface area contributed by atoms with E-state index in [-0.39, 0.29) is 30.0 Å². The van der Waals surface area contributed by atoms with Gasteiger partial charge >= 0.3 is 0 Å². The normalized spacial score (nSPS) is 28.7. The maximum atomic E-state index is 14.2. The highest BCUT2D eigenvalue weighted by molar-refractivity contribution is 8.00. The van der Waals surface area contributed by atoms with E-state index in [2.05, 4.69) is 15.5 Å². The summed E-state index contributed by atoms with van der Waals surface area (Å²) in [5.74, 6) is -6.65. The van der Waals surface area contributed by atoms with Gasteiger partial charge in [-0.05, 0) is 44.2 Å². The summed E-state index contributed by atoms with van der Waals surface area (Å²) in [6.07, 6.45) is -2.53. The molecule has 0 radical (unpaired) electrons. The molecule has 1 aliphatic heterocycles. The molecule has 6 atom stereocenters. The van der Waals surface area contributed by atoms with E-state index < -0.39 is 83.5 Å². The molecule has 0 spiro atoms. The first kappa shape index (κ1) is 32.3. The number of nitrogens with zero attached hydrogens (tertiary/aromatic N) is 4. The minimum atomic E-state index is -2.95. The Morgan fingerprint density at radius 3 is 2.33 bits per heavy atom. The van der Waals surface area contributed by atoms with E-state index in [1.165, 1.54) is 6.20 Å². The molecule has 0 amide bonds. The van der Waals surface area contributed by atoms with Crippen LogP contribution in [0.2, 0.25) is 0 Å². The first-order valence-electron chi connectivity index (χ1n) is 14.8. The molecule has 2 saturated carbocycles. The third kappa shape index (κ3) is 6.12. The van der Waals surface area contributed by atoms with Gasteiger partial charge < -0.3 is 29.7 Å². The number of rotatable bonds is 9. The molecule has 0 bridgehead atoms. The van der Waals surface area contributed by atoms with Crippen molar-refractivity contribution in [3.8, 4) is 11.3 Å². The third-order valence-corrected chi connectivity index (χ3v) is 10.5. The number of hydrogen-bond donors (Lipinski definition) is 4. The molecule has 246 valence electrons. The predicted molar refractivity (Wildman–Crippen MR) is 149 cm³/mol. The average Bonchev–Trinajstić information content (AvgIpc) is 3.58. The van der Waals surface area contributed by atoms with E-state index in [9.17, 15) is 42.4 Å². The van der Waals surface area contributed by atoms with Crippen LogP contribution in [-0.4, -0.2) is 82.5 Å². The zero-order valence-electron chi connectivity index (χ0n) is 24.1. The zero-order valence-corrected chi connectivity index (χ0v) is 24.9. The Balaban J connectivity index is 1.34. The van der Waals surface area contributed by atoms with Crippen LogP contribution in [0.5, 0.6) is 0 Å². The van der Waals surface area contributed by atoms with Gasteiger partial charge in [0, 0.05) is 29.9 Å². The molecular formula is C29H33F5N4O6S. The summed E-state index contributed by atoms with van der Waals surface area (Å²) < 4.78 is 82.4. The maximum Gasteiger partial charge on any atom is 0.248 e. The van der Waals surface area contributed by atoms with Crippen molar-refractivity contribution in [1.82, 2.24) is 20.2 Å². The summed E-state index contributed by atoms with van der Waals surface area (Å²) in [5, 5.41) is 55.7. The number of halogens is 5. The van der Waals surface area contributed by atoms with Crippen LogP contribution in [0.3, 0.4) is 0 Å². The largest absolute Gasteiger partial charge is 0.394 e. The number of aliphatic hydroxyl groups excluding tert-OH is 3. The maximum absolute atomic E-state index is 14.2. The van der Waals surface area contributed by atoms with Crippen molar-refractivity contribution in [2.75, 3.05) is 6.61 Å². The Morgan fingerprint density at radius 1 is 1.07 bits per heavy atom. The van der Waals surface area contributed by atoms with Crippen LogP contribution in [0.4, 0.5) is 22.0 Å². The molecule has 2 aliphatic carbocycles. The Morgan fingerprint density at radius 2 is 1.73 bits per heavy atom. The summed E-state index contributed by atoms with van der Waals surface area (Å²) in [6, 6.07) is 0.120. The number of aliphatic hydroxyl groups is 4. The monoisotopic (exact) mass is 660 g/mol. The van der Waals surface area contributed by atoms with Crippen molar-refractivity contribution < 1.29 is 51.6 Å². The second-order valence-corrected chi connectivity index (χ2v) is 13.3. The molecule has 2 aromatic heterocycles. The predicted octanol–water partition coefficient (Wildman–Crippen LogP) is 4.19. The molecule has 10 nitrogen and oxygen atoms in total. The average molecular weight is 661 g/mol. The molecule has 1 saturated heterocycles. The van der Waals surface area contributed by atoms with E-state index in [0.717, 1.165) is 47.0 Å². The van der Waals surface area contributed by atoms with Gasteiger partial charge in [0.2, 0.25) is 5.92 Å². The van der Waals surface area contributed by atoms with Crippen molar-refractivity contribution >= 4 is 11.8 Å². The molecule has 16 heteroatoms. The lowest BCUT2D eigenvalue weighted by molar-refractivity contribution is -0.179. The third-order valence-electron chi connectivity index (χ3n) is 8.95. The first-order chi connectivity index (χ1) is 21.4. The fraction of sp³-hybridized carbons (Fsp3) is 0.621. The number of benzene rings is 1. The second-order valence-electron chi connectivity index (χ2n) is 12.0. The zero-order chi connectivity index (χ0) is 32.3. The van der Waals surface area contributed by atoms with Crippen molar-refractivity contribution in [1.29, 1.82) is 0 Å². The lowest BCUT2D eigenvalue weighted by atomic mass is 9.78. The Bertz CT molecular complexity index is 1500. The van der Waals surface area contributed by atoms with Crippen molar-refractivity contribution in [2.24, 2.45) is 0 Å². The molecule has 1 unspecified atom stereocenters. The molecule has 1 aromatic carbocycles. The minimum Gasteiger partial charge on any atom is -0.394 e. The molecule has 3 aliphatic rings. The standard InChI is InChI=1S/C29H33F5N4O6S/c1-2-15-21(36-44-25(15)13-3-4-13)26(28(42)5-7-29(33,34)8-6-28)45-27-24(41)22(23(40)19(12-39)43-27)38-11-18(35-37-38)14-9-16(30)20(32)17(31)10-14/h9-11,13,19,22-24,26-27,39-42H,2-8,12H2,1H3/t19-,22+,23+,24-,26?,27+/m1/s1. The Hall–Kier alpha value is -2.63. The van der Waals surface area contributed by atoms with Crippen molar-refractivity contribution in [3.05, 3.63) is 52.8 Å². The summed E-state index contributed by atoms with van der Waals surface area (Å²) in [4.78, 5) is 0. The summed E-state index contributed by atoms with van der Waals surface area (Å²) in [5.41, 5.74) is -2.08. The minimum absolute atomic E-state index is 0.0958. The van der Waals surface area contributed by atoms with Gasteiger partial charge in [0.15, 0.2) is 17.5 Å². The van der Waals surface area contributed by atoms with Crippen molar-refractivity contribution in [2.45, 2.75) is 104 Å². The molecule has 3 aromatic rings. The topological polar surface area (TPSA) is 147 Å². The second kappa shape index (κ2) is 12.2. The van der Waals surface area contributed by atoms with Crippen LogP contribution in [0, 0.1) is 17.5 Å². The van der Waals surface area contributed by atoms with Crippen molar-refractivity contribution in [3.63, 3.8) is 0 Å². The molecule has 4 N–H and O–H groups in total. The Kier molecular flexibility index (Phi) is 8.75. The highest BCUT2D eigenvalue weighted by Crippen LogP contribution is 2.54. The van der Waals surface area contributed by atoms with E-state index in [1.807, 2.05) is 6.92 Å². The van der Waals surface area contributed by atoms with Crippen LogP contribution in [0.25, 0.3) is 11.3 Å². The van der Waals surface area contributed by atoms with E-state index in [1.54, 1.807) is 0 Å². The molecule has 45 heavy (non-hydrogen) atoms. The van der Waals surface area contributed by atoms with Crippen LogP contribution < -0.4 is 0 Å². The molecule has 3 fully saturated rings. The lowest BCUT2D eigenvalue weighted by Gasteiger charge is -2.46. The molecular weight excluding hydrogens is 627 g/mol. The van der Waals surface area contributed by atoms with Gasteiger partial charge in [-0.3, -0.25) is 0 Å². The van der Waals surface area contributed by atoms with Gasteiger partial charge in [-0.2, -0.15) is 0 Å². The highest BCUT2D eigenvalue weighted by Gasteiger charge is 2.53. The number of hydrogen-bond acceptors (Lipinski definition) is 10. The number of aromatic nitrogens is 4. The summed E-state index contributed by atoms with van der Waals surface area (Å²) in [7, 11) is 0. The number of ether oxygens (including phenoxy) is 1. The van der Waals surface area contributed by atoms with E-state index in [0.29, 0.717) is 17.9 Å². The van der Waals surface area contributed by atoms with Gasteiger partial charge in [-0.1, -0.05) is 17.3 Å². The molecule has 3 heterocycles. The SMILES string of the molecule is CCc1c(C(S[C@@H]2O[C@H](CO)[C@H](O)[C@H](n3cc(-c4cc(F)c(F)c(F)c4)nn3)[C@H]2O)C2(O)CCC(F)(F)CC2)noc1C1CC1. The van der Waals surface area contributed by atoms with Crippen LogP contribution in [0.1, 0.15) is 79.7 Å². The van der Waals surface area contributed by atoms with Crippen LogP contribution in [0.15, 0.2) is 22.9 Å². The van der Waals surface area contributed by atoms with Gasteiger partial charge in [0.25, 0.3) is 0 Å². The summed E-state index contributed by atoms with van der Waals surface area (Å²) in [6.45, 7) is 1.21. The first-order valence-corrected chi connectivity index (χ1v) is 15.7. The van der Waals surface area contributed by atoms with Gasteiger partial charge in [0.1, 0.15) is 46.9 Å². The van der Waals surface area contributed by atoms with E-state index >= 15 is 0 Å². The summed E-state index contributed by atoms with van der Waals surface area (Å²) >= 11 is 0.921. The fourth-order valence-corrected chi connectivity index (χ4v) is 7.80. The van der Waals surface area contributed by atoms with E-state index in [4.69, 9.17) is 9.26 Å². The fourth-order valence-electron chi connectivity index (χ4n) is 6.20. The Labute approximate surface area is 258 Å². The van der Waals surface area contributed by atoms with Gasteiger partial charge in [0.05, 0.1) is 23.7 Å². The van der Waals surface area contributed by atoms with Gasteiger partial charge in [-0.15, -0.1) is 16.9 Å². The van der Waals surface area contributed by atoms with Gasteiger partial charge in [-0.25, -0.2) is 26.6 Å². The highest BCUT2D eigenvalue weighted by atomic mass is 32.2. The number of alkyl halides is 2. The van der Waals surface area contributed by atoms with Crippen LogP contribution >= 0.6 is 11.8 Å². The molecule has 6 rings (SSSR count). The smallest absolute Gasteiger partial charge is 0.248 e. The quantitative estimate of drug-likeness (QED) is 0.195. The number of thioether (sulfide) groups is 1. The lowest BCUT2D eigenvalue weighted by Crippen LogP contribution is -2.55. The van der Waals surface area contributed by atoms with Crippen LogP contribution in [-0.2, 0) is 11.2 Å².